The molecular formula is C12H13ClO2. The van der Waals surface area contributed by atoms with Crippen LogP contribution in [-0.2, 0) is 9.53 Å². The van der Waals surface area contributed by atoms with E-state index in [0.29, 0.717) is 6.61 Å². The minimum absolute atomic E-state index is 0.0184. The normalized spacial score (nSPS) is 23.6. The molecule has 1 fully saturated rings. The Morgan fingerprint density at radius 1 is 1.53 bits per heavy atom. The van der Waals surface area contributed by atoms with Crippen molar-refractivity contribution in [1.29, 1.82) is 0 Å². The fourth-order valence-electron chi connectivity index (χ4n) is 1.82. The number of esters is 1. The van der Waals surface area contributed by atoms with Crippen molar-refractivity contribution in [2.24, 2.45) is 5.92 Å². The van der Waals surface area contributed by atoms with Gasteiger partial charge in [-0.05, 0) is 30.9 Å². The van der Waals surface area contributed by atoms with E-state index in [0.717, 1.165) is 17.0 Å². The molecule has 80 valence electrons. The van der Waals surface area contributed by atoms with E-state index in [4.69, 9.17) is 16.3 Å². The van der Waals surface area contributed by atoms with Crippen LogP contribution in [0.4, 0.5) is 0 Å². The standard InChI is InChI=1S/C12H13ClO2/c1-2-15-12(14)10-7-9(10)8-5-3-4-6-11(8)13/h3-6,9-10H,2,7H2,1H3/t9-,10+/m1/s1. The van der Waals surface area contributed by atoms with Crippen molar-refractivity contribution in [3.8, 4) is 0 Å². The summed E-state index contributed by atoms with van der Waals surface area (Å²) in [7, 11) is 0. The molecule has 3 heteroatoms. The van der Waals surface area contributed by atoms with E-state index >= 15 is 0 Å². The molecule has 1 aromatic rings. The molecule has 1 aliphatic rings. The summed E-state index contributed by atoms with van der Waals surface area (Å²) in [5.41, 5.74) is 1.07. The molecule has 0 spiro atoms. The quantitative estimate of drug-likeness (QED) is 0.738. The van der Waals surface area contributed by atoms with E-state index < -0.39 is 0 Å². The molecule has 0 aliphatic heterocycles. The SMILES string of the molecule is CCOC(=O)[C@H]1C[C@@H]1c1ccccc1Cl. The third-order valence-corrected chi connectivity index (χ3v) is 3.03. The zero-order chi connectivity index (χ0) is 10.8. The van der Waals surface area contributed by atoms with Crippen molar-refractivity contribution in [3.05, 3.63) is 34.9 Å². The van der Waals surface area contributed by atoms with Gasteiger partial charge in [-0.15, -0.1) is 0 Å². The van der Waals surface area contributed by atoms with Crippen molar-refractivity contribution in [3.63, 3.8) is 0 Å². The predicted octanol–water partition coefficient (Wildman–Crippen LogP) is 3.01. The number of rotatable bonds is 3. The van der Waals surface area contributed by atoms with Crippen LogP contribution in [0.25, 0.3) is 0 Å². The summed E-state index contributed by atoms with van der Waals surface area (Å²) < 4.78 is 4.98. The molecule has 0 aromatic heterocycles. The van der Waals surface area contributed by atoms with Crippen LogP contribution in [0.15, 0.2) is 24.3 Å². The molecule has 0 unspecified atom stereocenters. The van der Waals surface area contributed by atoms with E-state index in [-0.39, 0.29) is 17.8 Å². The summed E-state index contributed by atoms with van der Waals surface area (Å²) in [5.74, 6) is 0.185. The Morgan fingerprint density at radius 2 is 2.27 bits per heavy atom. The summed E-state index contributed by atoms with van der Waals surface area (Å²) >= 11 is 6.05. The number of hydrogen-bond acceptors (Lipinski definition) is 2. The summed E-state index contributed by atoms with van der Waals surface area (Å²) in [6, 6.07) is 7.68. The van der Waals surface area contributed by atoms with Crippen molar-refractivity contribution in [2.45, 2.75) is 19.3 Å². The second kappa shape index (κ2) is 4.23. The maximum Gasteiger partial charge on any atom is 0.309 e. The van der Waals surface area contributed by atoms with Gasteiger partial charge in [0.2, 0.25) is 0 Å². The highest BCUT2D eigenvalue weighted by molar-refractivity contribution is 6.31. The summed E-state index contributed by atoms with van der Waals surface area (Å²) in [6.45, 7) is 2.27. The van der Waals surface area contributed by atoms with Gasteiger partial charge >= 0.3 is 5.97 Å². The smallest absolute Gasteiger partial charge is 0.309 e. The Hall–Kier alpha value is -1.02. The van der Waals surface area contributed by atoms with Crippen molar-refractivity contribution in [2.75, 3.05) is 6.61 Å². The molecule has 0 N–H and O–H groups in total. The minimum Gasteiger partial charge on any atom is -0.466 e. The second-order valence-electron chi connectivity index (χ2n) is 3.72. The predicted molar refractivity (Wildman–Crippen MR) is 58.9 cm³/mol. The van der Waals surface area contributed by atoms with Gasteiger partial charge in [0.1, 0.15) is 0 Å². The Morgan fingerprint density at radius 3 is 2.93 bits per heavy atom. The zero-order valence-electron chi connectivity index (χ0n) is 8.57. The monoisotopic (exact) mass is 224 g/mol. The topological polar surface area (TPSA) is 26.3 Å². The van der Waals surface area contributed by atoms with Gasteiger partial charge in [-0.1, -0.05) is 29.8 Å². The first-order valence-corrected chi connectivity index (χ1v) is 5.53. The highest BCUT2D eigenvalue weighted by Gasteiger charge is 2.45. The lowest BCUT2D eigenvalue weighted by atomic mass is 10.1. The first kappa shape index (κ1) is 10.5. The van der Waals surface area contributed by atoms with Gasteiger partial charge in [0.05, 0.1) is 12.5 Å². The molecule has 0 bridgehead atoms. The summed E-state index contributed by atoms with van der Waals surface area (Å²) in [5, 5.41) is 0.745. The zero-order valence-corrected chi connectivity index (χ0v) is 9.33. The van der Waals surface area contributed by atoms with Crippen molar-refractivity contribution < 1.29 is 9.53 Å². The number of carbonyl (C=O) groups is 1. The largest absolute Gasteiger partial charge is 0.466 e. The van der Waals surface area contributed by atoms with Gasteiger partial charge in [0.15, 0.2) is 0 Å². The average Bonchev–Trinajstić information content (AvgIpc) is 2.98. The molecule has 0 saturated heterocycles. The van der Waals surface area contributed by atoms with Crippen LogP contribution in [0.2, 0.25) is 5.02 Å². The van der Waals surface area contributed by atoms with Crippen LogP contribution >= 0.6 is 11.6 Å². The molecule has 1 saturated carbocycles. The number of benzene rings is 1. The van der Waals surface area contributed by atoms with E-state index in [1.807, 2.05) is 31.2 Å². The van der Waals surface area contributed by atoms with Crippen LogP contribution in [-0.4, -0.2) is 12.6 Å². The van der Waals surface area contributed by atoms with Gasteiger partial charge in [-0.2, -0.15) is 0 Å². The molecule has 2 atom stereocenters. The molecule has 0 heterocycles. The highest BCUT2D eigenvalue weighted by Crippen LogP contribution is 2.50. The number of ether oxygens (including phenoxy) is 1. The molecular weight excluding hydrogens is 212 g/mol. The summed E-state index contributed by atoms with van der Waals surface area (Å²) in [4.78, 5) is 11.4. The van der Waals surface area contributed by atoms with Crippen LogP contribution in [0.5, 0.6) is 0 Å². The van der Waals surface area contributed by atoms with E-state index in [2.05, 4.69) is 0 Å². The average molecular weight is 225 g/mol. The van der Waals surface area contributed by atoms with Gasteiger partial charge in [0, 0.05) is 5.02 Å². The Balaban J connectivity index is 2.05. The maximum absolute atomic E-state index is 11.4. The third-order valence-electron chi connectivity index (χ3n) is 2.68. The Kier molecular flexibility index (Phi) is 2.96. The fourth-order valence-corrected chi connectivity index (χ4v) is 2.10. The second-order valence-corrected chi connectivity index (χ2v) is 4.13. The van der Waals surface area contributed by atoms with Gasteiger partial charge < -0.3 is 4.74 Å². The van der Waals surface area contributed by atoms with E-state index in [9.17, 15) is 4.79 Å². The molecule has 2 rings (SSSR count). The maximum atomic E-state index is 11.4. The van der Waals surface area contributed by atoms with Crippen LogP contribution in [0.1, 0.15) is 24.8 Å². The summed E-state index contributed by atoms with van der Waals surface area (Å²) in [6.07, 6.45) is 0.864. The van der Waals surface area contributed by atoms with Gasteiger partial charge in [-0.25, -0.2) is 0 Å². The molecule has 0 amide bonds. The molecule has 0 radical (unpaired) electrons. The van der Waals surface area contributed by atoms with Crippen LogP contribution in [0.3, 0.4) is 0 Å². The number of hydrogen-bond donors (Lipinski definition) is 0. The fraction of sp³-hybridized carbons (Fsp3) is 0.417. The minimum atomic E-state index is -0.0950. The van der Waals surface area contributed by atoms with Crippen LogP contribution < -0.4 is 0 Å². The Labute approximate surface area is 94.2 Å². The lowest BCUT2D eigenvalue weighted by Crippen LogP contribution is -2.07. The Bertz CT molecular complexity index is 376. The number of carbonyl (C=O) groups excluding carboxylic acids is 1. The first-order chi connectivity index (χ1) is 7.24. The molecule has 1 aliphatic carbocycles. The third kappa shape index (κ3) is 2.15. The van der Waals surface area contributed by atoms with Crippen molar-refractivity contribution in [1.82, 2.24) is 0 Å². The molecule has 2 nitrogen and oxygen atoms in total. The van der Waals surface area contributed by atoms with Gasteiger partial charge in [-0.3, -0.25) is 4.79 Å². The van der Waals surface area contributed by atoms with Crippen molar-refractivity contribution >= 4 is 17.6 Å². The molecule has 1 aromatic carbocycles. The van der Waals surface area contributed by atoms with Crippen LogP contribution in [0, 0.1) is 5.92 Å². The van der Waals surface area contributed by atoms with E-state index in [1.54, 1.807) is 0 Å². The van der Waals surface area contributed by atoms with Gasteiger partial charge in [0.25, 0.3) is 0 Å². The first-order valence-electron chi connectivity index (χ1n) is 5.15. The lowest BCUT2D eigenvalue weighted by molar-refractivity contribution is -0.144. The number of halogens is 1. The lowest BCUT2D eigenvalue weighted by Gasteiger charge is -2.03. The molecule has 15 heavy (non-hydrogen) atoms. The highest BCUT2D eigenvalue weighted by atomic mass is 35.5. The van der Waals surface area contributed by atoms with E-state index in [1.165, 1.54) is 0 Å².